The number of sulfone groups is 1. The minimum absolute atomic E-state index is 0.153. The van der Waals surface area contributed by atoms with Gasteiger partial charge in [0.25, 0.3) is 0 Å². The molecular formula is C20H23N3O4S. The molecule has 1 aliphatic heterocycles. The van der Waals surface area contributed by atoms with Crippen LogP contribution in [0.5, 0.6) is 0 Å². The molecule has 0 bridgehead atoms. The standard InChI is InChI=1S/C20H23N3O4S/c24-19(20(25)23-12-5-2-6-13-23)22-15-18(16-8-7-11-21-14-16)28(26,27)17-9-3-1-4-10-17/h1,3-4,7-11,14,18H,2,5-6,12-13,15H2,(H,22,24)/t18-/m0/s1. The number of carbonyl (C=O) groups is 2. The van der Waals surface area contributed by atoms with Gasteiger partial charge in [-0.3, -0.25) is 14.6 Å². The highest BCUT2D eigenvalue weighted by molar-refractivity contribution is 7.91. The molecule has 1 saturated heterocycles. The highest BCUT2D eigenvalue weighted by Gasteiger charge is 2.31. The summed E-state index contributed by atoms with van der Waals surface area (Å²) in [5.41, 5.74) is 0.456. The van der Waals surface area contributed by atoms with Crippen molar-refractivity contribution in [2.45, 2.75) is 29.4 Å². The maximum absolute atomic E-state index is 13.1. The summed E-state index contributed by atoms with van der Waals surface area (Å²) < 4.78 is 26.3. The largest absolute Gasteiger partial charge is 0.346 e. The summed E-state index contributed by atoms with van der Waals surface area (Å²) in [6, 6.07) is 11.3. The molecule has 2 heterocycles. The van der Waals surface area contributed by atoms with Crippen LogP contribution in [0.15, 0.2) is 59.8 Å². The molecule has 148 valence electrons. The first-order valence-corrected chi connectivity index (χ1v) is 10.8. The third-order valence-electron chi connectivity index (χ3n) is 4.79. The van der Waals surface area contributed by atoms with Gasteiger partial charge in [0.2, 0.25) is 0 Å². The molecule has 1 fully saturated rings. The Morgan fingerprint density at radius 1 is 1.04 bits per heavy atom. The van der Waals surface area contributed by atoms with Gasteiger partial charge in [-0.15, -0.1) is 0 Å². The summed E-state index contributed by atoms with van der Waals surface area (Å²) in [4.78, 5) is 30.3. The number of piperidine rings is 1. The van der Waals surface area contributed by atoms with Gasteiger partial charge in [0.05, 0.1) is 4.90 Å². The van der Waals surface area contributed by atoms with Crippen LogP contribution in [0.1, 0.15) is 30.1 Å². The molecule has 1 aliphatic rings. The van der Waals surface area contributed by atoms with Gasteiger partial charge in [0, 0.05) is 32.0 Å². The fourth-order valence-corrected chi connectivity index (χ4v) is 4.91. The number of aromatic nitrogens is 1. The summed E-state index contributed by atoms with van der Waals surface area (Å²) in [5, 5.41) is 1.48. The third kappa shape index (κ3) is 4.56. The van der Waals surface area contributed by atoms with Crippen LogP contribution in [0.4, 0.5) is 0 Å². The number of carbonyl (C=O) groups excluding carboxylic acids is 2. The molecule has 1 aromatic heterocycles. The van der Waals surface area contributed by atoms with E-state index >= 15 is 0 Å². The molecule has 7 nitrogen and oxygen atoms in total. The number of nitrogens with zero attached hydrogens (tertiary/aromatic N) is 2. The van der Waals surface area contributed by atoms with Crippen molar-refractivity contribution in [3.05, 3.63) is 60.4 Å². The second-order valence-corrected chi connectivity index (χ2v) is 8.83. The second kappa shape index (κ2) is 8.97. The number of likely N-dealkylation sites (tertiary alicyclic amines) is 1. The van der Waals surface area contributed by atoms with Crippen LogP contribution < -0.4 is 5.32 Å². The third-order valence-corrected chi connectivity index (χ3v) is 6.91. The van der Waals surface area contributed by atoms with E-state index in [9.17, 15) is 18.0 Å². The second-order valence-electron chi connectivity index (χ2n) is 6.70. The Morgan fingerprint density at radius 2 is 1.75 bits per heavy atom. The summed E-state index contributed by atoms with van der Waals surface area (Å²) in [5.74, 6) is -1.39. The lowest BCUT2D eigenvalue weighted by Crippen LogP contribution is -2.46. The maximum Gasteiger partial charge on any atom is 0.311 e. The zero-order valence-electron chi connectivity index (χ0n) is 15.5. The van der Waals surface area contributed by atoms with Crippen LogP contribution >= 0.6 is 0 Å². The van der Waals surface area contributed by atoms with E-state index in [1.807, 2.05) is 0 Å². The molecule has 2 amide bonds. The van der Waals surface area contributed by atoms with E-state index < -0.39 is 26.9 Å². The van der Waals surface area contributed by atoms with Crippen LogP contribution in [0.2, 0.25) is 0 Å². The van der Waals surface area contributed by atoms with E-state index in [0.29, 0.717) is 18.7 Å². The van der Waals surface area contributed by atoms with Gasteiger partial charge in [0.1, 0.15) is 5.25 Å². The molecule has 0 unspecified atom stereocenters. The summed E-state index contributed by atoms with van der Waals surface area (Å²) >= 11 is 0. The predicted octanol–water partition coefficient (Wildman–Crippen LogP) is 1.73. The van der Waals surface area contributed by atoms with Crippen LogP contribution in [-0.4, -0.2) is 49.8 Å². The number of pyridine rings is 1. The number of amides is 2. The zero-order chi connectivity index (χ0) is 20.0. The van der Waals surface area contributed by atoms with Crippen molar-refractivity contribution in [1.29, 1.82) is 0 Å². The number of rotatable bonds is 5. The fraction of sp³-hybridized carbons (Fsp3) is 0.350. The van der Waals surface area contributed by atoms with Gasteiger partial charge >= 0.3 is 11.8 Å². The normalized spacial score (nSPS) is 15.6. The highest BCUT2D eigenvalue weighted by atomic mass is 32.2. The summed E-state index contributed by atoms with van der Waals surface area (Å²) in [6.45, 7) is 0.905. The monoisotopic (exact) mass is 401 g/mol. The number of nitrogens with one attached hydrogen (secondary N) is 1. The van der Waals surface area contributed by atoms with Crippen molar-refractivity contribution in [1.82, 2.24) is 15.2 Å². The predicted molar refractivity (Wildman–Crippen MR) is 104 cm³/mol. The van der Waals surface area contributed by atoms with E-state index in [2.05, 4.69) is 10.3 Å². The maximum atomic E-state index is 13.1. The quantitative estimate of drug-likeness (QED) is 0.770. The molecule has 28 heavy (non-hydrogen) atoms. The Morgan fingerprint density at radius 3 is 2.39 bits per heavy atom. The van der Waals surface area contributed by atoms with Crippen molar-refractivity contribution in [2.24, 2.45) is 0 Å². The number of hydrogen-bond donors (Lipinski definition) is 1. The number of benzene rings is 1. The molecular weight excluding hydrogens is 378 g/mol. The highest BCUT2D eigenvalue weighted by Crippen LogP contribution is 2.28. The Bertz CT molecular complexity index is 911. The molecule has 8 heteroatoms. The van der Waals surface area contributed by atoms with Gasteiger partial charge in [-0.2, -0.15) is 0 Å². The lowest BCUT2D eigenvalue weighted by atomic mass is 10.1. The van der Waals surface area contributed by atoms with Crippen molar-refractivity contribution in [3.63, 3.8) is 0 Å². The van der Waals surface area contributed by atoms with Crippen LogP contribution in [0, 0.1) is 0 Å². The van der Waals surface area contributed by atoms with Gasteiger partial charge in [0.15, 0.2) is 9.84 Å². The zero-order valence-corrected chi connectivity index (χ0v) is 16.3. The fourth-order valence-electron chi connectivity index (χ4n) is 3.25. The topological polar surface area (TPSA) is 96.4 Å². The average molecular weight is 401 g/mol. The lowest BCUT2D eigenvalue weighted by molar-refractivity contribution is -0.146. The van der Waals surface area contributed by atoms with Crippen molar-refractivity contribution >= 4 is 21.7 Å². The van der Waals surface area contributed by atoms with Crippen molar-refractivity contribution in [3.8, 4) is 0 Å². The molecule has 0 spiro atoms. The van der Waals surface area contributed by atoms with E-state index in [4.69, 9.17) is 0 Å². The molecule has 2 aromatic rings. The Kier molecular flexibility index (Phi) is 6.41. The smallest absolute Gasteiger partial charge is 0.311 e. The summed E-state index contributed by atoms with van der Waals surface area (Å²) in [7, 11) is -3.78. The number of hydrogen-bond acceptors (Lipinski definition) is 5. The molecule has 0 aliphatic carbocycles. The molecule has 1 N–H and O–H groups in total. The minimum Gasteiger partial charge on any atom is -0.346 e. The minimum atomic E-state index is -3.78. The molecule has 1 atom stereocenters. The molecule has 3 rings (SSSR count). The SMILES string of the molecule is O=C(NC[C@@H](c1cccnc1)S(=O)(=O)c1ccccc1)C(=O)N1CCCCC1. The van der Waals surface area contributed by atoms with Crippen LogP contribution in [-0.2, 0) is 19.4 Å². The Balaban J connectivity index is 1.79. The van der Waals surface area contributed by atoms with E-state index in [0.717, 1.165) is 19.3 Å². The van der Waals surface area contributed by atoms with E-state index in [-0.39, 0.29) is 11.4 Å². The average Bonchev–Trinajstić information content (AvgIpc) is 2.75. The summed E-state index contributed by atoms with van der Waals surface area (Å²) in [6.07, 6.45) is 5.81. The van der Waals surface area contributed by atoms with E-state index in [1.165, 1.54) is 23.2 Å². The lowest BCUT2D eigenvalue weighted by Gasteiger charge is -2.26. The first-order valence-electron chi connectivity index (χ1n) is 9.26. The molecule has 0 saturated carbocycles. The Labute approximate surface area is 164 Å². The van der Waals surface area contributed by atoms with Crippen LogP contribution in [0.3, 0.4) is 0 Å². The van der Waals surface area contributed by atoms with Crippen molar-refractivity contribution in [2.75, 3.05) is 19.6 Å². The van der Waals surface area contributed by atoms with E-state index in [1.54, 1.807) is 36.5 Å². The van der Waals surface area contributed by atoms with Crippen LogP contribution in [0.25, 0.3) is 0 Å². The van der Waals surface area contributed by atoms with Gasteiger partial charge in [-0.25, -0.2) is 8.42 Å². The molecule has 1 aromatic carbocycles. The Hall–Kier alpha value is -2.74. The first kappa shape index (κ1) is 20.0. The molecule has 0 radical (unpaired) electrons. The van der Waals surface area contributed by atoms with Gasteiger partial charge < -0.3 is 10.2 Å². The van der Waals surface area contributed by atoms with Gasteiger partial charge in [-0.05, 0) is 43.0 Å². The van der Waals surface area contributed by atoms with Crippen molar-refractivity contribution < 1.29 is 18.0 Å². The first-order chi connectivity index (χ1) is 13.5. The van der Waals surface area contributed by atoms with Gasteiger partial charge in [-0.1, -0.05) is 24.3 Å².